The van der Waals surface area contributed by atoms with Crippen LogP contribution in [-0.4, -0.2) is 40.2 Å². The van der Waals surface area contributed by atoms with Gasteiger partial charge in [0.25, 0.3) is 0 Å². The van der Waals surface area contributed by atoms with Gasteiger partial charge in [-0.05, 0) is 24.3 Å². The minimum Gasteiger partial charge on any atom is -1.00 e. The van der Waals surface area contributed by atoms with Crippen molar-refractivity contribution in [1.29, 1.82) is 0 Å². The Kier molecular flexibility index (Phi) is 8.80. The van der Waals surface area contributed by atoms with Gasteiger partial charge in [0, 0.05) is 18.6 Å². The molecule has 0 spiro atoms. The third-order valence-corrected chi connectivity index (χ3v) is 4.15. The summed E-state index contributed by atoms with van der Waals surface area (Å²) in [6, 6.07) is 5.82. The summed E-state index contributed by atoms with van der Waals surface area (Å²) in [6.45, 7) is 0. The summed E-state index contributed by atoms with van der Waals surface area (Å²) in [5, 5.41) is 0. The first-order valence-corrected chi connectivity index (χ1v) is 7.87. The Labute approximate surface area is 193 Å². The van der Waals surface area contributed by atoms with E-state index in [1.807, 2.05) is 66.8 Å². The largest absolute Gasteiger partial charge is 1.00 e. The van der Waals surface area contributed by atoms with Crippen LogP contribution in [0.2, 0.25) is 0 Å². The Hall–Kier alpha value is -1.76. The van der Waals surface area contributed by atoms with Crippen molar-refractivity contribution < 1.29 is 55.8 Å². The second kappa shape index (κ2) is 10.1. The molecule has 5 rings (SSSR count). The van der Waals surface area contributed by atoms with E-state index in [-0.39, 0.29) is 67.9 Å². The molecule has 0 saturated carbocycles. The molecule has 0 aromatic carbocycles. The fraction of sp³-hybridized carbons (Fsp3) is 0.105. The number of allylic oxidation sites excluding steroid dienone is 4. The SMILES string of the molecule is C1=CC2=NC(c3cccc(C4=NC5C=CC=CC5=N4)n3)=NC2C=C1.[Cl-].[Cl-].[Cl-].[V]. The molecule has 1 aromatic rings. The number of pyridine rings is 1. The maximum atomic E-state index is 4.68. The molecule has 1 aromatic heterocycles. The third-order valence-electron chi connectivity index (χ3n) is 4.15. The number of fused-ring (bicyclic) bond motifs is 2. The Morgan fingerprint density at radius 2 is 1.11 bits per heavy atom. The van der Waals surface area contributed by atoms with Crippen molar-refractivity contribution in [3.63, 3.8) is 0 Å². The second-order valence-corrected chi connectivity index (χ2v) is 5.76. The molecule has 2 unspecified atom stereocenters. The summed E-state index contributed by atoms with van der Waals surface area (Å²) in [5.74, 6) is 1.33. The van der Waals surface area contributed by atoms with E-state index >= 15 is 0 Å². The van der Waals surface area contributed by atoms with Crippen LogP contribution in [0.1, 0.15) is 11.4 Å². The summed E-state index contributed by atoms with van der Waals surface area (Å²) < 4.78 is 0. The number of hydrogen-bond acceptors (Lipinski definition) is 5. The minimum atomic E-state index is 0. The molecule has 0 saturated heterocycles. The van der Waals surface area contributed by atoms with Gasteiger partial charge in [-0.1, -0.05) is 42.5 Å². The van der Waals surface area contributed by atoms with Gasteiger partial charge in [0.05, 0.1) is 11.4 Å². The molecule has 4 aliphatic rings. The molecule has 2 atom stereocenters. The van der Waals surface area contributed by atoms with Gasteiger partial charge in [-0.15, -0.1) is 0 Å². The first kappa shape index (κ1) is 24.3. The summed E-state index contributed by atoms with van der Waals surface area (Å²) in [4.78, 5) is 23.1. The Bertz CT molecular complexity index is 914. The third kappa shape index (κ3) is 4.45. The molecule has 5 nitrogen and oxygen atoms in total. The van der Waals surface area contributed by atoms with Crippen molar-refractivity contribution in [1.82, 2.24) is 4.98 Å². The van der Waals surface area contributed by atoms with Crippen LogP contribution in [0.3, 0.4) is 0 Å². The molecule has 0 N–H and O–H groups in total. The standard InChI is InChI=1S/C19H13N5.3ClH.V/c1-2-7-13-12(6-1)21-18(22-13)16-10-5-11-17(20-16)19-23-14-8-3-4-9-15(14)24-19;;;;/h1-12,14H;3*1H;/p-3. The van der Waals surface area contributed by atoms with Gasteiger partial charge in [0.1, 0.15) is 23.5 Å². The number of amidine groups is 2. The fourth-order valence-electron chi connectivity index (χ4n) is 2.96. The maximum absolute atomic E-state index is 4.68. The van der Waals surface area contributed by atoms with Crippen molar-refractivity contribution in [2.24, 2.45) is 20.0 Å². The van der Waals surface area contributed by atoms with E-state index in [0.29, 0.717) is 11.7 Å². The van der Waals surface area contributed by atoms with Crippen molar-refractivity contribution in [2.75, 3.05) is 0 Å². The zero-order valence-electron chi connectivity index (χ0n) is 14.3. The Morgan fingerprint density at radius 1 is 0.643 bits per heavy atom. The van der Waals surface area contributed by atoms with Crippen LogP contribution in [-0.2, 0) is 18.6 Å². The summed E-state index contributed by atoms with van der Waals surface area (Å²) in [5.41, 5.74) is 3.42. The zero-order chi connectivity index (χ0) is 15.9. The van der Waals surface area contributed by atoms with E-state index in [9.17, 15) is 0 Å². The summed E-state index contributed by atoms with van der Waals surface area (Å²) in [6.07, 6.45) is 16.0. The minimum absolute atomic E-state index is 0. The van der Waals surface area contributed by atoms with Crippen LogP contribution < -0.4 is 37.2 Å². The van der Waals surface area contributed by atoms with Crippen molar-refractivity contribution in [2.45, 2.75) is 12.1 Å². The first-order chi connectivity index (χ1) is 11.9. The molecule has 143 valence electrons. The van der Waals surface area contributed by atoms with E-state index in [4.69, 9.17) is 0 Å². The second-order valence-electron chi connectivity index (χ2n) is 5.76. The van der Waals surface area contributed by atoms with Gasteiger partial charge in [-0.2, -0.15) is 0 Å². The van der Waals surface area contributed by atoms with Crippen LogP contribution in [0, 0.1) is 0 Å². The monoisotopic (exact) mass is 467 g/mol. The van der Waals surface area contributed by atoms with Crippen LogP contribution in [0.25, 0.3) is 0 Å². The number of aromatic nitrogens is 1. The molecule has 1 radical (unpaired) electrons. The number of nitrogens with zero attached hydrogens (tertiary/aromatic N) is 5. The van der Waals surface area contributed by atoms with Crippen molar-refractivity contribution in [3.8, 4) is 0 Å². The molecule has 9 heteroatoms. The van der Waals surface area contributed by atoms with E-state index in [1.165, 1.54) is 0 Å². The molecule has 2 aliphatic carbocycles. The topological polar surface area (TPSA) is 62.3 Å². The quantitative estimate of drug-likeness (QED) is 0.426. The van der Waals surface area contributed by atoms with Gasteiger partial charge in [0.15, 0.2) is 11.7 Å². The Morgan fingerprint density at radius 3 is 1.54 bits per heavy atom. The van der Waals surface area contributed by atoms with Crippen molar-refractivity contribution in [3.05, 3.63) is 78.2 Å². The van der Waals surface area contributed by atoms with Gasteiger partial charge >= 0.3 is 0 Å². The van der Waals surface area contributed by atoms with Gasteiger partial charge in [-0.3, -0.25) is 9.98 Å². The van der Waals surface area contributed by atoms with Gasteiger partial charge in [-0.25, -0.2) is 15.0 Å². The van der Waals surface area contributed by atoms with Crippen molar-refractivity contribution >= 4 is 23.1 Å². The molecule has 28 heavy (non-hydrogen) atoms. The first-order valence-electron chi connectivity index (χ1n) is 7.87. The summed E-state index contributed by atoms with van der Waals surface area (Å²) >= 11 is 0. The van der Waals surface area contributed by atoms with E-state index in [1.54, 1.807) is 0 Å². The number of halogens is 3. The van der Waals surface area contributed by atoms with Crippen LogP contribution in [0.15, 0.2) is 86.8 Å². The molecular weight excluding hydrogens is 456 g/mol. The fourth-order valence-corrected chi connectivity index (χ4v) is 2.96. The molecule has 3 heterocycles. The molecule has 0 amide bonds. The summed E-state index contributed by atoms with van der Waals surface area (Å²) in [7, 11) is 0. The number of hydrogen-bond donors (Lipinski definition) is 0. The average Bonchev–Trinajstić information content (AvgIpc) is 3.26. The number of rotatable bonds is 2. The van der Waals surface area contributed by atoms with Crippen LogP contribution in [0.5, 0.6) is 0 Å². The van der Waals surface area contributed by atoms with Crippen LogP contribution in [0.4, 0.5) is 0 Å². The average molecular weight is 469 g/mol. The molecule has 0 fully saturated rings. The normalized spacial score (nSPS) is 22.1. The predicted octanol–water partition coefficient (Wildman–Crippen LogP) is -6.52. The van der Waals surface area contributed by atoms with E-state index < -0.39 is 0 Å². The van der Waals surface area contributed by atoms with Crippen LogP contribution >= 0.6 is 0 Å². The Balaban J connectivity index is 0.000000980. The zero-order valence-corrected chi connectivity index (χ0v) is 18.0. The maximum Gasteiger partial charge on any atom is 0.174 e. The molecular formula is C19H13Cl3N5V-3. The van der Waals surface area contributed by atoms with E-state index in [2.05, 4.69) is 25.0 Å². The van der Waals surface area contributed by atoms with Gasteiger partial charge < -0.3 is 37.2 Å². The molecule has 0 bridgehead atoms. The predicted molar refractivity (Wildman–Crippen MR) is 96.3 cm³/mol. The van der Waals surface area contributed by atoms with Gasteiger partial charge in [0.2, 0.25) is 0 Å². The van der Waals surface area contributed by atoms with E-state index in [0.717, 1.165) is 22.8 Å². The number of aliphatic imine (C=N–C) groups is 4. The molecule has 2 aliphatic heterocycles. The smallest absolute Gasteiger partial charge is 0.174 e.